The Hall–Kier alpha value is -1.52. The van der Waals surface area contributed by atoms with Crippen LogP contribution in [0.2, 0.25) is 0 Å². The molecular weight excluding hydrogens is 236 g/mol. The highest BCUT2D eigenvalue weighted by Crippen LogP contribution is 1.60. The van der Waals surface area contributed by atoms with Crippen LogP contribution in [0, 0.1) is 0 Å². The van der Waals surface area contributed by atoms with Gasteiger partial charge >= 0.3 is 5.97 Å². The zero-order chi connectivity index (χ0) is 15.0. The average molecular weight is 264 g/mol. The van der Waals surface area contributed by atoms with Crippen LogP contribution in [0.1, 0.15) is 55.9 Å². The van der Waals surface area contributed by atoms with Gasteiger partial charge in [-0.05, 0) is 41.5 Å². The molecule has 0 aliphatic heterocycles. The number of ether oxygens (including phenoxy) is 1. The Bertz CT molecular complexity index is 191. The number of Topliss-reactive ketones (excluding diaryl/α,β-unsaturated/α-hetero) is 3. The van der Waals surface area contributed by atoms with Crippen molar-refractivity contribution >= 4 is 23.3 Å². The number of carbonyl (C=O) groups excluding carboxylic acids is 4. The predicted octanol–water partition coefficient (Wildman–Crippen LogP) is 2.60. The fourth-order valence-corrected chi connectivity index (χ4v) is 0. The van der Waals surface area contributed by atoms with Crippen LogP contribution in [0.4, 0.5) is 0 Å². The Morgan fingerprint density at radius 3 is 0.667 bits per heavy atom. The van der Waals surface area contributed by atoms with Gasteiger partial charge in [0.05, 0.1) is 7.11 Å². The Balaban J connectivity index is -0.0000000412. The first-order chi connectivity index (χ1) is 7.47. The van der Waals surface area contributed by atoms with E-state index in [0.29, 0.717) is 0 Å². The summed E-state index contributed by atoms with van der Waals surface area (Å²) in [6.45, 7) is 10.5. The molecule has 0 atom stereocenters. The summed E-state index contributed by atoms with van der Waals surface area (Å²) in [6, 6.07) is 0. The van der Waals surface area contributed by atoms with E-state index >= 15 is 0 Å². The quantitative estimate of drug-likeness (QED) is 0.628. The summed E-state index contributed by atoms with van der Waals surface area (Å²) in [4.78, 5) is 37.9. The Labute approximate surface area is 111 Å². The summed E-state index contributed by atoms with van der Waals surface area (Å²) >= 11 is 0. The second kappa shape index (κ2) is 24.6. The molecule has 0 aliphatic rings. The monoisotopic (exact) mass is 264 g/mol. The second-order valence-corrected chi connectivity index (χ2v) is 3.42. The number of ketones is 3. The van der Waals surface area contributed by atoms with Gasteiger partial charge in [-0.25, -0.2) is 0 Å². The van der Waals surface area contributed by atoms with E-state index in [1.54, 1.807) is 0 Å². The molecule has 0 aromatic rings. The normalized spacial score (nSPS) is 6.22. The van der Waals surface area contributed by atoms with Crippen LogP contribution in [0.3, 0.4) is 0 Å². The molecule has 0 amide bonds. The summed E-state index contributed by atoms with van der Waals surface area (Å²) in [6.07, 6.45) is 0. The van der Waals surface area contributed by atoms with E-state index in [0.717, 1.165) is 0 Å². The lowest BCUT2D eigenvalue weighted by molar-refractivity contribution is -0.138. The highest BCUT2D eigenvalue weighted by Gasteiger charge is 1.75. The van der Waals surface area contributed by atoms with Gasteiger partial charge in [0.25, 0.3) is 0 Å². The summed E-state index contributed by atoms with van der Waals surface area (Å²) in [5.41, 5.74) is 0. The van der Waals surface area contributed by atoms with E-state index in [9.17, 15) is 19.2 Å². The maximum atomic E-state index is 9.59. The molecule has 0 rings (SSSR count). The predicted molar refractivity (Wildman–Crippen MR) is 73.5 cm³/mol. The number of methoxy groups -OCH3 is 1. The Morgan fingerprint density at radius 2 is 0.667 bits per heavy atom. The molecule has 5 nitrogen and oxygen atoms in total. The molecule has 0 saturated carbocycles. The molecule has 0 N–H and O–H groups in total. The minimum absolute atomic E-state index is 0. The second-order valence-electron chi connectivity index (χ2n) is 3.42. The lowest BCUT2D eigenvalue weighted by Crippen LogP contribution is -1.88. The lowest BCUT2D eigenvalue weighted by Gasteiger charge is -1.80. The molecule has 0 unspecified atom stereocenters. The van der Waals surface area contributed by atoms with E-state index in [4.69, 9.17) is 0 Å². The molecule has 0 bridgehead atoms. The maximum absolute atomic E-state index is 9.59. The molecule has 0 spiro atoms. The lowest BCUT2D eigenvalue weighted by atomic mass is 10.6. The minimum Gasteiger partial charge on any atom is -0.469 e. The van der Waals surface area contributed by atoms with E-state index in [1.807, 2.05) is 0 Å². The number of rotatable bonds is 0. The topological polar surface area (TPSA) is 77.5 Å². The van der Waals surface area contributed by atoms with Crippen molar-refractivity contribution in [1.29, 1.82) is 0 Å². The first-order valence-electron chi connectivity index (χ1n) is 4.93. The molecule has 18 heavy (non-hydrogen) atoms. The van der Waals surface area contributed by atoms with Crippen LogP contribution in [0.15, 0.2) is 0 Å². The first kappa shape index (κ1) is 30.0. The molecule has 0 aromatic carbocycles. The fourth-order valence-electron chi connectivity index (χ4n) is 0. The van der Waals surface area contributed by atoms with E-state index in [2.05, 4.69) is 4.74 Å². The third-order valence-corrected chi connectivity index (χ3v) is 0.287. The van der Waals surface area contributed by atoms with Crippen LogP contribution in [-0.4, -0.2) is 30.4 Å². The van der Waals surface area contributed by atoms with Gasteiger partial charge in [-0.2, -0.15) is 0 Å². The Kier molecular flexibility index (Phi) is 41.0. The molecule has 0 saturated heterocycles. The van der Waals surface area contributed by atoms with Gasteiger partial charge in [-0.15, -0.1) is 0 Å². The van der Waals surface area contributed by atoms with Crippen LogP contribution < -0.4 is 0 Å². The molecule has 0 radical (unpaired) electrons. The van der Waals surface area contributed by atoms with Crippen molar-refractivity contribution in [3.8, 4) is 0 Å². The van der Waals surface area contributed by atoms with Crippen molar-refractivity contribution in [2.45, 2.75) is 55.9 Å². The zero-order valence-corrected chi connectivity index (χ0v) is 12.0. The molecule has 0 fully saturated rings. The SMILES string of the molecule is C.CC(C)=O.CC(C)=O.CC(C)=O.COC(C)=O. The molecule has 5 heteroatoms. The largest absolute Gasteiger partial charge is 0.469 e. The Morgan fingerprint density at radius 1 is 0.611 bits per heavy atom. The summed E-state index contributed by atoms with van der Waals surface area (Å²) in [5.74, 6) is 0.255. The third-order valence-electron chi connectivity index (χ3n) is 0.287. The molecule has 110 valence electrons. The molecule has 0 aromatic heterocycles. The van der Waals surface area contributed by atoms with Gasteiger partial charge in [0.1, 0.15) is 17.3 Å². The van der Waals surface area contributed by atoms with Crippen molar-refractivity contribution in [3.05, 3.63) is 0 Å². The van der Waals surface area contributed by atoms with Crippen molar-refractivity contribution < 1.29 is 23.9 Å². The fraction of sp³-hybridized carbons (Fsp3) is 0.692. The van der Waals surface area contributed by atoms with Gasteiger partial charge in [0.2, 0.25) is 0 Å². The number of hydrogen-bond donors (Lipinski definition) is 0. The van der Waals surface area contributed by atoms with E-state index < -0.39 is 0 Å². The van der Waals surface area contributed by atoms with Gasteiger partial charge in [-0.3, -0.25) is 4.79 Å². The third kappa shape index (κ3) is 11400. The number of esters is 1. The highest BCUT2D eigenvalue weighted by atomic mass is 16.5. The van der Waals surface area contributed by atoms with E-state index in [1.165, 1.54) is 55.6 Å². The van der Waals surface area contributed by atoms with Gasteiger partial charge < -0.3 is 19.1 Å². The van der Waals surface area contributed by atoms with E-state index in [-0.39, 0.29) is 30.7 Å². The van der Waals surface area contributed by atoms with Crippen LogP contribution in [0.25, 0.3) is 0 Å². The summed E-state index contributed by atoms with van der Waals surface area (Å²) < 4.78 is 4.11. The average Bonchev–Trinajstić information content (AvgIpc) is 2.00. The molecule has 0 heterocycles. The highest BCUT2D eigenvalue weighted by molar-refractivity contribution is 5.72. The summed E-state index contributed by atoms with van der Waals surface area (Å²) in [7, 11) is 1.35. The zero-order valence-electron chi connectivity index (χ0n) is 12.0. The molecular formula is C13H28O5. The minimum atomic E-state index is -0.245. The van der Waals surface area contributed by atoms with Crippen LogP contribution >= 0.6 is 0 Å². The van der Waals surface area contributed by atoms with Crippen molar-refractivity contribution in [1.82, 2.24) is 0 Å². The smallest absolute Gasteiger partial charge is 0.302 e. The number of carbonyl (C=O) groups is 4. The number of hydrogen-bond acceptors (Lipinski definition) is 5. The molecule has 0 aliphatic carbocycles. The van der Waals surface area contributed by atoms with Crippen molar-refractivity contribution in [3.63, 3.8) is 0 Å². The maximum Gasteiger partial charge on any atom is 0.302 e. The van der Waals surface area contributed by atoms with Gasteiger partial charge in [-0.1, -0.05) is 7.43 Å². The standard InChI is InChI=1S/C3H6O2.3C3H6O.CH4/c1-3(4)5-2;3*1-3(2)4;/h1-2H3;3*1-2H3;1H4. The summed E-state index contributed by atoms with van der Waals surface area (Å²) in [5, 5.41) is 0. The van der Waals surface area contributed by atoms with Gasteiger partial charge in [0, 0.05) is 6.92 Å². The van der Waals surface area contributed by atoms with Crippen LogP contribution in [0.5, 0.6) is 0 Å². The van der Waals surface area contributed by atoms with Gasteiger partial charge in [0.15, 0.2) is 0 Å². The first-order valence-corrected chi connectivity index (χ1v) is 4.93. The van der Waals surface area contributed by atoms with Crippen LogP contribution in [-0.2, 0) is 23.9 Å². The van der Waals surface area contributed by atoms with Crippen molar-refractivity contribution in [2.75, 3.05) is 7.11 Å². The van der Waals surface area contributed by atoms with Crippen molar-refractivity contribution in [2.24, 2.45) is 0 Å².